The van der Waals surface area contributed by atoms with Gasteiger partial charge in [0.25, 0.3) is 0 Å². The fourth-order valence-electron chi connectivity index (χ4n) is 2.11. The Morgan fingerprint density at radius 1 is 1.53 bits per heavy atom. The number of hydrogen-bond acceptors (Lipinski definition) is 6. The molecule has 0 spiro atoms. The first-order valence-electron chi connectivity index (χ1n) is 6.68. The topological polar surface area (TPSA) is 73.5 Å². The molecule has 0 aromatic carbocycles. The zero-order chi connectivity index (χ0) is 13.8. The summed E-state index contributed by atoms with van der Waals surface area (Å²) in [4.78, 5) is 10.3. The smallest absolute Gasteiger partial charge is 0.225 e. The molecule has 6 heteroatoms. The summed E-state index contributed by atoms with van der Waals surface area (Å²) < 4.78 is 11.2. The van der Waals surface area contributed by atoms with Crippen LogP contribution in [0.5, 0.6) is 5.88 Å². The highest BCUT2D eigenvalue weighted by atomic mass is 16.5. The Bertz CT molecular complexity index is 419. The lowest BCUT2D eigenvalue weighted by Gasteiger charge is -2.22. The first-order chi connectivity index (χ1) is 9.04. The average Bonchev–Trinajstić information content (AvgIpc) is 2.80. The summed E-state index contributed by atoms with van der Waals surface area (Å²) in [5, 5.41) is 0. The second-order valence-electron chi connectivity index (χ2n) is 5.10. The van der Waals surface area contributed by atoms with Gasteiger partial charge in [-0.2, -0.15) is 9.97 Å². The lowest BCUT2D eigenvalue weighted by atomic mass is 10.2. The van der Waals surface area contributed by atoms with Crippen LogP contribution in [0.2, 0.25) is 0 Å². The number of aromatic nitrogens is 2. The first kappa shape index (κ1) is 13.9. The summed E-state index contributed by atoms with van der Waals surface area (Å²) in [7, 11) is 1.97. The van der Waals surface area contributed by atoms with Crippen LogP contribution >= 0.6 is 0 Å². The van der Waals surface area contributed by atoms with E-state index in [1.165, 1.54) is 0 Å². The predicted molar refractivity (Wildman–Crippen MR) is 74.5 cm³/mol. The van der Waals surface area contributed by atoms with E-state index in [0.717, 1.165) is 31.8 Å². The molecule has 0 saturated carbocycles. The van der Waals surface area contributed by atoms with Crippen molar-refractivity contribution < 1.29 is 9.47 Å². The zero-order valence-electron chi connectivity index (χ0n) is 11.8. The summed E-state index contributed by atoms with van der Waals surface area (Å²) in [6, 6.07) is 1.81. The van der Waals surface area contributed by atoms with Crippen LogP contribution in [0, 0.1) is 0 Å². The quantitative estimate of drug-likeness (QED) is 0.869. The van der Waals surface area contributed by atoms with Crippen molar-refractivity contribution in [1.82, 2.24) is 9.97 Å². The Labute approximate surface area is 113 Å². The largest absolute Gasteiger partial charge is 0.475 e. The molecule has 2 N–H and O–H groups in total. The number of hydrogen-bond donors (Lipinski definition) is 1. The zero-order valence-corrected chi connectivity index (χ0v) is 11.8. The van der Waals surface area contributed by atoms with Crippen molar-refractivity contribution in [1.29, 1.82) is 0 Å². The molecule has 6 nitrogen and oxygen atoms in total. The predicted octanol–water partition coefficient (Wildman–Crippen LogP) is 1.46. The van der Waals surface area contributed by atoms with Crippen LogP contribution in [-0.2, 0) is 4.74 Å². The highest BCUT2D eigenvalue weighted by molar-refractivity contribution is 5.44. The van der Waals surface area contributed by atoms with Gasteiger partial charge in [-0.15, -0.1) is 0 Å². The fraction of sp³-hybridized carbons (Fsp3) is 0.692. The second kappa shape index (κ2) is 6.06. The Morgan fingerprint density at radius 2 is 2.32 bits per heavy atom. The third-order valence-electron chi connectivity index (χ3n) is 2.96. The Morgan fingerprint density at radius 3 is 2.95 bits per heavy atom. The summed E-state index contributed by atoms with van der Waals surface area (Å²) in [6.07, 6.45) is 2.56. The van der Waals surface area contributed by atoms with Gasteiger partial charge in [0.05, 0.1) is 12.2 Å². The second-order valence-corrected chi connectivity index (χ2v) is 5.10. The van der Waals surface area contributed by atoms with E-state index < -0.39 is 0 Å². The summed E-state index contributed by atoms with van der Waals surface area (Å²) in [5.41, 5.74) is 5.72. The van der Waals surface area contributed by atoms with Crippen molar-refractivity contribution in [3.05, 3.63) is 6.07 Å². The molecule has 1 aliphatic heterocycles. The molecule has 2 heterocycles. The standard InChI is InChI=1S/C13H22N4O2/c1-9(2)19-12-7-11(15-13(14)16-12)17(3)8-10-5-4-6-18-10/h7,9-10H,4-6,8H2,1-3H3,(H2,14,15,16). The lowest BCUT2D eigenvalue weighted by molar-refractivity contribution is 0.116. The fourth-order valence-corrected chi connectivity index (χ4v) is 2.11. The number of nitrogens with zero attached hydrogens (tertiary/aromatic N) is 3. The van der Waals surface area contributed by atoms with Crippen LogP contribution in [0.3, 0.4) is 0 Å². The highest BCUT2D eigenvalue weighted by Crippen LogP contribution is 2.21. The van der Waals surface area contributed by atoms with E-state index in [1.54, 1.807) is 0 Å². The van der Waals surface area contributed by atoms with E-state index in [9.17, 15) is 0 Å². The molecular weight excluding hydrogens is 244 g/mol. The number of anilines is 2. The van der Waals surface area contributed by atoms with E-state index in [1.807, 2.05) is 31.9 Å². The number of ether oxygens (including phenoxy) is 2. The molecule has 1 fully saturated rings. The van der Waals surface area contributed by atoms with Gasteiger partial charge < -0.3 is 20.1 Å². The maximum Gasteiger partial charge on any atom is 0.225 e. The van der Waals surface area contributed by atoms with Gasteiger partial charge in [-0.05, 0) is 26.7 Å². The van der Waals surface area contributed by atoms with Gasteiger partial charge in [-0.3, -0.25) is 0 Å². The van der Waals surface area contributed by atoms with Crippen molar-refractivity contribution >= 4 is 11.8 Å². The van der Waals surface area contributed by atoms with Crippen LogP contribution in [0.1, 0.15) is 26.7 Å². The van der Waals surface area contributed by atoms with E-state index in [-0.39, 0.29) is 18.2 Å². The molecule has 0 radical (unpaired) electrons. The minimum atomic E-state index is 0.0608. The Kier molecular flexibility index (Phi) is 4.42. The SMILES string of the molecule is CC(C)Oc1cc(N(C)CC2CCCO2)nc(N)n1. The maximum atomic E-state index is 5.72. The van der Waals surface area contributed by atoms with Gasteiger partial charge in [-0.25, -0.2) is 0 Å². The summed E-state index contributed by atoms with van der Waals surface area (Å²) >= 11 is 0. The molecule has 1 saturated heterocycles. The van der Waals surface area contributed by atoms with Gasteiger partial charge >= 0.3 is 0 Å². The average molecular weight is 266 g/mol. The van der Waals surface area contributed by atoms with Crippen molar-refractivity contribution in [3.8, 4) is 5.88 Å². The minimum absolute atomic E-state index is 0.0608. The Hall–Kier alpha value is -1.56. The molecule has 1 atom stereocenters. The van der Waals surface area contributed by atoms with Gasteiger partial charge in [-0.1, -0.05) is 0 Å². The molecule has 1 aliphatic rings. The molecule has 0 bridgehead atoms. The molecule has 1 aromatic heterocycles. The molecule has 106 valence electrons. The third kappa shape index (κ3) is 3.96. The van der Waals surface area contributed by atoms with Crippen LogP contribution < -0.4 is 15.4 Å². The monoisotopic (exact) mass is 266 g/mol. The number of nitrogen functional groups attached to an aromatic ring is 1. The molecular formula is C13H22N4O2. The maximum absolute atomic E-state index is 5.72. The van der Waals surface area contributed by atoms with Crippen molar-refractivity contribution in [2.24, 2.45) is 0 Å². The van der Waals surface area contributed by atoms with Gasteiger partial charge in [0.15, 0.2) is 0 Å². The van der Waals surface area contributed by atoms with Gasteiger partial charge in [0, 0.05) is 26.3 Å². The third-order valence-corrected chi connectivity index (χ3v) is 2.96. The molecule has 19 heavy (non-hydrogen) atoms. The van der Waals surface area contributed by atoms with Crippen molar-refractivity contribution in [2.75, 3.05) is 30.8 Å². The summed E-state index contributed by atoms with van der Waals surface area (Å²) in [6.45, 7) is 5.56. The van der Waals surface area contributed by atoms with E-state index in [4.69, 9.17) is 15.2 Å². The van der Waals surface area contributed by atoms with Crippen LogP contribution in [-0.4, -0.2) is 42.4 Å². The minimum Gasteiger partial charge on any atom is -0.475 e. The highest BCUT2D eigenvalue weighted by Gasteiger charge is 2.19. The van der Waals surface area contributed by atoms with E-state index in [0.29, 0.717) is 5.88 Å². The normalized spacial score (nSPS) is 18.8. The molecule has 0 amide bonds. The van der Waals surface area contributed by atoms with E-state index >= 15 is 0 Å². The molecule has 2 rings (SSSR count). The molecule has 1 unspecified atom stereocenters. The number of nitrogens with two attached hydrogens (primary N) is 1. The first-order valence-corrected chi connectivity index (χ1v) is 6.68. The van der Waals surface area contributed by atoms with Crippen LogP contribution in [0.25, 0.3) is 0 Å². The van der Waals surface area contributed by atoms with Gasteiger partial charge in [0.2, 0.25) is 11.8 Å². The number of rotatable bonds is 5. The number of likely N-dealkylation sites (N-methyl/N-ethyl adjacent to an activating group) is 1. The van der Waals surface area contributed by atoms with Crippen molar-refractivity contribution in [2.45, 2.75) is 38.9 Å². The summed E-state index contributed by atoms with van der Waals surface area (Å²) in [5.74, 6) is 1.50. The van der Waals surface area contributed by atoms with Crippen LogP contribution in [0.4, 0.5) is 11.8 Å². The Balaban J connectivity index is 2.06. The molecule has 0 aliphatic carbocycles. The molecule has 1 aromatic rings. The van der Waals surface area contributed by atoms with Crippen molar-refractivity contribution in [3.63, 3.8) is 0 Å². The van der Waals surface area contributed by atoms with Crippen LogP contribution in [0.15, 0.2) is 6.07 Å². The van der Waals surface area contributed by atoms with E-state index in [2.05, 4.69) is 9.97 Å². The lowest BCUT2D eigenvalue weighted by Crippen LogP contribution is -2.29. The van der Waals surface area contributed by atoms with Gasteiger partial charge in [0.1, 0.15) is 5.82 Å².